The van der Waals surface area contributed by atoms with Crippen LogP contribution in [0.5, 0.6) is 0 Å². The normalized spacial score (nSPS) is 14.9. The summed E-state index contributed by atoms with van der Waals surface area (Å²) in [5.41, 5.74) is 0.856. The zero-order valence-electron chi connectivity index (χ0n) is 13.9. The summed E-state index contributed by atoms with van der Waals surface area (Å²) in [5.74, 6) is -0.364. The van der Waals surface area contributed by atoms with E-state index in [4.69, 9.17) is 0 Å². The lowest BCUT2D eigenvalue weighted by Gasteiger charge is -2.22. The SMILES string of the molecule is O=C(CCCNC(=O)NC1CCCCC1)NCc1ccc(F)cc1. The molecule has 0 radical (unpaired) electrons. The number of hydrogen-bond donors (Lipinski definition) is 3. The molecule has 0 atom stereocenters. The maximum absolute atomic E-state index is 12.8. The molecule has 0 spiro atoms. The lowest BCUT2D eigenvalue weighted by atomic mass is 9.96. The Morgan fingerprint density at radius 3 is 2.46 bits per heavy atom. The lowest BCUT2D eigenvalue weighted by molar-refractivity contribution is -0.121. The Labute approximate surface area is 142 Å². The van der Waals surface area contributed by atoms with Crippen LogP contribution in [0.15, 0.2) is 24.3 Å². The molecular formula is C18H26FN3O2. The summed E-state index contributed by atoms with van der Waals surface area (Å²) in [5, 5.41) is 8.55. The molecule has 2 rings (SSSR count). The molecule has 5 nitrogen and oxygen atoms in total. The van der Waals surface area contributed by atoms with Crippen LogP contribution in [0.1, 0.15) is 50.5 Å². The summed E-state index contributed by atoms with van der Waals surface area (Å²) in [4.78, 5) is 23.5. The van der Waals surface area contributed by atoms with Crippen molar-refractivity contribution in [2.24, 2.45) is 0 Å². The van der Waals surface area contributed by atoms with Gasteiger partial charge in [0.05, 0.1) is 0 Å². The number of nitrogens with one attached hydrogen (secondary N) is 3. The molecule has 0 bridgehead atoms. The number of carbonyl (C=O) groups excluding carboxylic acids is 2. The third-order valence-corrected chi connectivity index (χ3v) is 4.21. The van der Waals surface area contributed by atoms with Crippen molar-refractivity contribution in [1.29, 1.82) is 0 Å². The van der Waals surface area contributed by atoms with Crippen molar-refractivity contribution < 1.29 is 14.0 Å². The predicted octanol–water partition coefficient (Wildman–Crippen LogP) is 2.85. The van der Waals surface area contributed by atoms with E-state index in [1.54, 1.807) is 12.1 Å². The summed E-state index contributed by atoms with van der Waals surface area (Å²) >= 11 is 0. The van der Waals surface area contributed by atoms with Crippen LogP contribution in [-0.4, -0.2) is 24.5 Å². The first-order valence-corrected chi connectivity index (χ1v) is 8.69. The molecule has 0 unspecified atom stereocenters. The number of amides is 3. The molecule has 6 heteroatoms. The van der Waals surface area contributed by atoms with Crippen molar-refractivity contribution in [2.45, 2.75) is 57.5 Å². The van der Waals surface area contributed by atoms with Crippen LogP contribution in [-0.2, 0) is 11.3 Å². The van der Waals surface area contributed by atoms with Crippen LogP contribution >= 0.6 is 0 Å². The van der Waals surface area contributed by atoms with E-state index in [0.29, 0.717) is 25.9 Å². The van der Waals surface area contributed by atoms with Crippen molar-refractivity contribution >= 4 is 11.9 Å². The summed E-state index contributed by atoms with van der Waals surface area (Å²) in [6.45, 7) is 0.858. The van der Waals surface area contributed by atoms with Crippen molar-refractivity contribution in [1.82, 2.24) is 16.0 Å². The van der Waals surface area contributed by atoms with Crippen LogP contribution < -0.4 is 16.0 Å². The molecule has 1 fully saturated rings. The van der Waals surface area contributed by atoms with E-state index in [9.17, 15) is 14.0 Å². The molecule has 1 aliphatic rings. The van der Waals surface area contributed by atoms with Gasteiger partial charge in [-0.3, -0.25) is 4.79 Å². The number of carbonyl (C=O) groups is 2. The number of urea groups is 1. The highest BCUT2D eigenvalue weighted by atomic mass is 19.1. The van der Waals surface area contributed by atoms with Gasteiger partial charge < -0.3 is 16.0 Å². The molecule has 1 aromatic rings. The molecule has 0 aliphatic heterocycles. The molecule has 1 aliphatic carbocycles. The second kappa shape index (κ2) is 9.90. The molecule has 3 amide bonds. The largest absolute Gasteiger partial charge is 0.352 e. The van der Waals surface area contributed by atoms with Gasteiger partial charge in [0.15, 0.2) is 0 Å². The molecule has 1 saturated carbocycles. The van der Waals surface area contributed by atoms with Gasteiger partial charge in [-0.25, -0.2) is 9.18 Å². The molecule has 132 valence electrons. The number of halogens is 1. The zero-order valence-corrected chi connectivity index (χ0v) is 13.9. The highest BCUT2D eigenvalue weighted by Gasteiger charge is 2.15. The number of rotatable bonds is 7. The first kappa shape index (κ1) is 18.2. The van der Waals surface area contributed by atoms with Gasteiger partial charge in [-0.15, -0.1) is 0 Å². The maximum atomic E-state index is 12.8. The van der Waals surface area contributed by atoms with Crippen LogP contribution in [0, 0.1) is 5.82 Å². The minimum absolute atomic E-state index is 0.0752. The Morgan fingerprint density at radius 2 is 1.75 bits per heavy atom. The minimum Gasteiger partial charge on any atom is -0.352 e. The van der Waals surface area contributed by atoms with Gasteiger partial charge in [0, 0.05) is 25.6 Å². The Morgan fingerprint density at radius 1 is 1.04 bits per heavy atom. The molecule has 0 heterocycles. The van der Waals surface area contributed by atoms with Crippen LogP contribution in [0.4, 0.5) is 9.18 Å². The second-order valence-electron chi connectivity index (χ2n) is 6.24. The Bertz CT molecular complexity index is 528. The summed E-state index contributed by atoms with van der Waals surface area (Å²) in [7, 11) is 0. The number of benzene rings is 1. The Balaban J connectivity index is 1.52. The molecule has 0 saturated heterocycles. The summed E-state index contributed by atoms with van der Waals surface area (Å²) in [6, 6.07) is 6.18. The van der Waals surface area contributed by atoms with Gasteiger partial charge >= 0.3 is 6.03 Å². The van der Waals surface area contributed by atoms with E-state index in [1.165, 1.54) is 31.4 Å². The standard InChI is InChI=1S/C18H26FN3O2/c19-15-10-8-14(9-11-15)13-21-17(23)7-4-12-20-18(24)22-16-5-2-1-3-6-16/h8-11,16H,1-7,12-13H2,(H,21,23)(H2,20,22,24). The summed E-state index contributed by atoms with van der Waals surface area (Å²) in [6.07, 6.45) is 6.67. The van der Waals surface area contributed by atoms with Crippen molar-refractivity contribution in [3.8, 4) is 0 Å². The average Bonchev–Trinajstić information content (AvgIpc) is 2.59. The van der Waals surface area contributed by atoms with Gasteiger partial charge in [0.2, 0.25) is 5.91 Å². The monoisotopic (exact) mass is 335 g/mol. The highest BCUT2D eigenvalue weighted by molar-refractivity contribution is 5.76. The highest BCUT2D eigenvalue weighted by Crippen LogP contribution is 2.17. The molecule has 1 aromatic carbocycles. The average molecular weight is 335 g/mol. The van der Waals surface area contributed by atoms with E-state index in [2.05, 4.69) is 16.0 Å². The van der Waals surface area contributed by atoms with Crippen molar-refractivity contribution in [2.75, 3.05) is 6.54 Å². The fourth-order valence-corrected chi connectivity index (χ4v) is 2.83. The van der Waals surface area contributed by atoms with Crippen LogP contribution in [0.2, 0.25) is 0 Å². The fourth-order valence-electron chi connectivity index (χ4n) is 2.83. The van der Waals surface area contributed by atoms with Crippen LogP contribution in [0.25, 0.3) is 0 Å². The van der Waals surface area contributed by atoms with Gasteiger partial charge in [0.25, 0.3) is 0 Å². The van der Waals surface area contributed by atoms with Gasteiger partial charge in [-0.1, -0.05) is 31.4 Å². The molecule has 24 heavy (non-hydrogen) atoms. The van der Waals surface area contributed by atoms with Crippen molar-refractivity contribution in [3.05, 3.63) is 35.6 Å². The first-order valence-electron chi connectivity index (χ1n) is 8.69. The van der Waals surface area contributed by atoms with E-state index < -0.39 is 0 Å². The van der Waals surface area contributed by atoms with Gasteiger partial charge in [-0.05, 0) is 37.0 Å². The number of hydrogen-bond acceptors (Lipinski definition) is 2. The third-order valence-electron chi connectivity index (χ3n) is 4.21. The topological polar surface area (TPSA) is 70.2 Å². The third kappa shape index (κ3) is 6.98. The first-order chi connectivity index (χ1) is 11.6. The predicted molar refractivity (Wildman–Crippen MR) is 90.9 cm³/mol. The summed E-state index contributed by atoms with van der Waals surface area (Å²) < 4.78 is 12.8. The Kier molecular flexibility index (Phi) is 7.52. The quantitative estimate of drug-likeness (QED) is 0.671. The molecule has 0 aromatic heterocycles. The molecular weight excluding hydrogens is 309 g/mol. The van der Waals surface area contributed by atoms with Gasteiger partial charge in [-0.2, -0.15) is 0 Å². The maximum Gasteiger partial charge on any atom is 0.315 e. The van der Waals surface area contributed by atoms with Gasteiger partial charge in [0.1, 0.15) is 5.82 Å². The van der Waals surface area contributed by atoms with E-state index in [0.717, 1.165) is 18.4 Å². The minimum atomic E-state index is -0.289. The van der Waals surface area contributed by atoms with E-state index in [1.807, 2.05) is 0 Å². The zero-order chi connectivity index (χ0) is 17.2. The van der Waals surface area contributed by atoms with Crippen molar-refractivity contribution in [3.63, 3.8) is 0 Å². The molecule has 3 N–H and O–H groups in total. The van der Waals surface area contributed by atoms with E-state index >= 15 is 0 Å². The fraction of sp³-hybridized carbons (Fsp3) is 0.556. The lowest BCUT2D eigenvalue weighted by Crippen LogP contribution is -2.43. The Hall–Kier alpha value is -2.11. The van der Waals surface area contributed by atoms with Crippen LogP contribution in [0.3, 0.4) is 0 Å². The smallest absolute Gasteiger partial charge is 0.315 e. The van der Waals surface area contributed by atoms with E-state index in [-0.39, 0.29) is 23.8 Å². The second-order valence-corrected chi connectivity index (χ2v) is 6.24.